The fourth-order valence-electron chi connectivity index (χ4n) is 1.21. The SMILES string of the molecule is CCCN=C(NN)C1CC1C. The van der Waals surface area contributed by atoms with Gasteiger partial charge in [-0.05, 0) is 18.8 Å². The van der Waals surface area contributed by atoms with Crippen molar-refractivity contribution in [3.05, 3.63) is 0 Å². The summed E-state index contributed by atoms with van der Waals surface area (Å²) in [5.41, 5.74) is 2.68. The van der Waals surface area contributed by atoms with Crippen LogP contribution >= 0.6 is 0 Å². The summed E-state index contributed by atoms with van der Waals surface area (Å²) < 4.78 is 0. The van der Waals surface area contributed by atoms with Gasteiger partial charge in [-0.3, -0.25) is 4.99 Å². The molecule has 3 N–H and O–H groups in total. The van der Waals surface area contributed by atoms with E-state index in [-0.39, 0.29) is 0 Å². The van der Waals surface area contributed by atoms with Gasteiger partial charge < -0.3 is 5.43 Å². The standard InChI is InChI=1S/C8H17N3/c1-3-4-10-8(11-9)7-5-6(7)2/h6-7H,3-5,9H2,1-2H3,(H,10,11). The van der Waals surface area contributed by atoms with E-state index in [1.807, 2.05) is 0 Å². The van der Waals surface area contributed by atoms with E-state index in [0.29, 0.717) is 5.92 Å². The Hall–Kier alpha value is -0.570. The Bertz CT molecular complexity index is 153. The van der Waals surface area contributed by atoms with E-state index in [1.165, 1.54) is 6.42 Å². The number of nitrogens with two attached hydrogens (primary N) is 1. The van der Waals surface area contributed by atoms with Gasteiger partial charge in [-0.25, -0.2) is 5.84 Å². The number of hydrazine groups is 1. The highest BCUT2D eigenvalue weighted by molar-refractivity contribution is 5.86. The van der Waals surface area contributed by atoms with Crippen LogP contribution in [-0.4, -0.2) is 12.4 Å². The maximum Gasteiger partial charge on any atom is 0.114 e. The molecule has 1 aliphatic rings. The van der Waals surface area contributed by atoms with Crippen LogP contribution in [0.5, 0.6) is 0 Å². The average molecular weight is 155 g/mol. The largest absolute Gasteiger partial charge is 0.312 e. The highest BCUT2D eigenvalue weighted by atomic mass is 15.3. The van der Waals surface area contributed by atoms with E-state index in [0.717, 1.165) is 24.7 Å². The van der Waals surface area contributed by atoms with Crippen molar-refractivity contribution in [3.63, 3.8) is 0 Å². The first kappa shape index (κ1) is 8.53. The molecule has 2 unspecified atom stereocenters. The smallest absolute Gasteiger partial charge is 0.114 e. The average Bonchev–Trinajstić information content (AvgIpc) is 2.69. The first-order valence-corrected chi connectivity index (χ1v) is 4.30. The lowest BCUT2D eigenvalue weighted by Crippen LogP contribution is -2.32. The van der Waals surface area contributed by atoms with Gasteiger partial charge in [0, 0.05) is 12.5 Å². The lowest BCUT2D eigenvalue weighted by molar-refractivity contribution is 0.839. The Morgan fingerprint density at radius 2 is 2.36 bits per heavy atom. The molecule has 0 saturated heterocycles. The summed E-state index contributed by atoms with van der Waals surface area (Å²) in [4.78, 5) is 4.35. The van der Waals surface area contributed by atoms with Crippen LogP contribution in [0.1, 0.15) is 26.7 Å². The van der Waals surface area contributed by atoms with Crippen molar-refractivity contribution in [2.45, 2.75) is 26.7 Å². The third-order valence-corrected chi connectivity index (χ3v) is 2.11. The fraction of sp³-hybridized carbons (Fsp3) is 0.875. The van der Waals surface area contributed by atoms with E-state index in [9.17, 15) is 0 Å². The number of amidine groups is 1. The first-order valence-electron chi connectivity index (χ1n) is 4.30. The topological polar surface area (TPSA) is 50.4 Å². The van der Waals surface area contributed by atoms with E-state index >= 15 is 0 Å². The molecule has 1 fully saturated rings. The van der Waals surface area contributed by atoms with Crippen LogP contribution < -0.4 is 11.3 Å². The molecular formula is C8H17N3. The number of hydrogen-bond donors (Lipinski definition) is 2. The van der Waals surface area contributed by atoms with Crippen LogP contribution in [-0.2, 0) is 0 Å². The van der Waals surface area contributed by atoms with Crippen molar-refractivity contribution in [2.24, 2.45) is 22.7 Å². The summed E-state index contributed by atoms with van der Waals surface area (Å²) in [7, 11) is 0. The molecule has 3 nitrogen and oxygen atoms in total. The van der Waals surface area contributed by atoms with Gasteiger partial charge in [0.05, 0.1) is 0 Å². The second-order valence-electron chi connectivity index (χ2n) is 3.23. The summed E-state index contributed by atoms with van der Waals surface area (Å²) in [6.07, 6.45) is 2.33. The van der Waals surface area contributed by atoms with Crippen molar-refractivity contribution in [1.82, 2.24) is 5.43 Å². The van der Waals surface area contributed by atoms with E-state index in [2.05, 4.69) is 24.3 Å². The Balaban J connectivity index is 2.36. The van der Waals surface area contributed by atoms with Gasteiger partial charge in [0.1, 0.15) is 5.84 Å². The van der Waals surface area contributed by atoms with Crippen molar-refractivity contribution < 1.29 is 0 Å². The molecule has 3 heteroatoms. The molecule has 64 valence electrons. The monoisotopic (exact) mass is 155 g/mol. The van der Waals surface area contributed by atoms with Crippen LogP contribution in [0.25, 0.3) is 0 Å². The van der Waals surface area contributed by atoms with E-state index in [1.54, 1.807) is 0 Å². The summed E-state index contributed by atoms with van der Waals surface area (Å²) in [5, 5.41) is 0. The lowest BCUT2D eigenvalue weighted by atomic mass is 10.3. The molecule has 0 aromatic rings. The van der Waals surface area contributed by atoms with E-state index in [4.69, 9.17) is 5.84 Å². The van der Waals surface area contributed by atoms with Crippen LogP contribution in [0.2, 0.25) is 0 Å². The molecular weight excluding hydrogens is 138 g/mol. The van der Waals surface area contributed by atoms with Gasteiger partial charge in [0.2, 0.25) is 0 Å². The van der Waals surface area contributed by atoms with Gasteiger partial charge in [-0.1, -0.05) is 13.8 Å². The predicted molar refractivity (Wildman–Crippen MR) is 47.2 cm³/mol. The maximum absolute atomic E-state index is 5.34. The van der Waals surface area contributed by atoms with Crippen LogP contribution in [0.3, 0.4) is 0 Å². The Kier molecular flexibility index (Phi) is 2.88. The molecule has 1 rings (SSSR count). The molecule has 0 heterocycles. The third kappa shape index (κ3) is 2.19. The number of nitrogens with zero attached hydrogens (tertiary/aromatic N) is 1. The highest BCUT2D eigenvalue weighted by Crippen LogP contribution is 2.38. The Morgan fingerprint density at radius 1 is 1.73 bits per heavy atom. The molecule has 0 radical (unpaired) electrons. The van der Waals surface area contributed by atoms with Gasteiger partial charge in [-0.2, -0.15) is 0 Å². The van der Waals surface area contributed by atoms with Crippen LogP contribution in [0.15, 0.2) is 4.99 Å². The number of hydrogen-bond acceptors (Lipinski definition) is 2. The molecule has 0 amide bonds. The summed E-state index contributed by atoms with van der Waals surface area (Å²) in [5.74, 6) is 7.73. The normalized spacial score (nSPS) is 30.3. The molecule has 2 atom stereocenters. The third-order valence-electron chi connectivity index (χ3n) is 2.11. The van der Waals surface area contributed by atoms with Crippen molar-refractivity contribution >= 4 is 5.84 Å². The minimum atomic E-state index is 0.617. The molecule has 0 aromatic heterocycles. The molecule has 0 spiro atoms. The molecule has 11 heavy (non-hydrogen) atoms. The van der Waals surface area contributed by atoms with Gasteiger partial charge in [-0.15, -0.1) is 0 Å². The zero-order chi connectivity index (χ0) is 8.27. The lowest BCUT2D eigenvalue weighted by Gasteiger charge is -2.02. The van der Waals surface area contributed by atoms with Crippen LogP contribution in [0.4, 0.5) is 0 Å². The van der Waals surface area contributed by atoms with Crippen molar-refractivity contribution in [2.75, 3.05) is 6.54 Å². The molecule has 0 aliphatic heterocycles. The number of aliphatic imine (C=N–C) groups is 1. The van der Waals surface area contributed by atoms with Gasteiger partial charge in [0.15, 0.2) is 0 Å². The van der Waals surface area contributed by atoms with Gasteiger partial charge in [0.25, 0.3) is 0 Å². The summed E-state index contributed by atoms with van der Waals surface area (Å²) in [6, 6.07) is 0. The minimum Gasteiger partial charge on any atom is -0.312 e. The Labute approximate surface area is 68.0 Å². The van der Waals surface area contributed by atoms with Gasteiger partial charge >= 0.3 is 0 Å². The Morgan fingerprint density at radius 3 is 2.73 bits per heavy atom. The quantitative estimate of drug-likeness (QED) is 0.275. The number of rotatable bonds is 3. The summed E-state index contributed by atoms with van der Waals surface area (Å²) in [6.45, 7) is 5.24. The number of nitrogens with one attached hydrogen (secondary N) is 1. The fourth-order valence-corrected chi connectivity index (χ4v) is 1.21. The molecule has 1 saturated carbocycles. The zero-order valence-corrected chi connectivity index (χ0v) is 7.30. The molecule has 0 bridgehead atoms. The van der Waals surface area contributed by atoms with E-state index < -0.39 is 0 Å². The molecule has 1 aliphatic carbocycles. The zero-order valence-electron chi connectivity index (χ0n) is 7.30. The minimum absolute atomic E-state index is 0.617. The second-order valence-corrected chi connectivity index (χ2v) is 3.23. The summed E-state index contributed by atoms with van der Waals surface area (Å²) >= 11 is 0. The highest BCUT2D eigenvalue weighted by Gasteiger charge is 2.36. The van der Waals surface area contributed by atoms with Crippen LogP contribution in [0, 0.1) is 11.8 Å². The van der Waals surface area contributed by atoms with Crippen molar-refractivity contribution in [3.8, 4) is 0 Å². The first-order chi connectivity index (χ1) is 5.29. The van der Waals surface area contributed by atoms with Crippen molar-refractivity contribution in [1.29, 1.82) is 0 Å². The maximum atomic E-state index is 5.34. The predicted octanol–water partition coefficient (Wildman–Crippen LogP) is 0.914. The molecule has 0 aromatic carbocycles. The second kappa shape index (κ2) is 3.72.